The molecule has 136 valence electrons. The van der Waals surface area contributed by atoms with Gasteiger partial charge in [0.1, 0.15) is 5.69 Å². The number of quaternary nitrogens is 1. The van der Waals surface area contributed by atoms with Gasteiger partial charge in [-0.3, -0.25) is 14.9 Å². The third-order valence-electron chi connectivity index (χ3n) is 5.28. The average Bonchev–Trinajstić information content (AvgIpc) is 3.15. The third kappa shape index (κ3) is 3.88. The lowest BCUT2D eigenvalue weighted by Gasteiger charge is -2.36. The van der Waals surface area contributed by atoms with E-state index in [4.69, 9.17) is 11.6 Å². The fraction of sp³-hybridized carbons (Fsp3) is 0.588. The van der Waals surface area contributed by atoms with Gasteiger partial charge in [-0.05, 0) is 31.9 Å². The van der Waals surface area contributed by atoms with E-state index in [1.165, 1.54) is 11.0 Å². The zero-order valence-electron chi connectivity index (χ0n) is 14.4. The molecule has 2 saturated heterocycles. The molecule has 2 fully saturated rings. The maximum absolute atomic E-state index is 12.6. The first-order chi connectivity index (χ1) is 12.0. The molecule has 0 unspecified atom stereocenters. The number of likely N-dealkylation sites (tertiary alicyclic amines) is 1. The number of anilines is 1. The lowest BCUT2D eigenvalue weighted by atomic mass is 10.1. The van der Waals surface area contributed by atoms with E-state index in [-0.39, 0.29) is 22.6 Å². The molecule has 8 heteroatoms. The van der Waals surface area contributed by atoms with Gasteiger partial charge in [0.2, 0.25) is 0 Å². The number of carbonyl (C=O) groups excluding carboxylic acids is 1. The molecular weight excluding hydrogens is 344 g/mol. The summed E-state index contributed by atoms with van der Waals surface area (Å²) in [5.41, 5.74) is 0.643. The van der Waals surface area contributed by atoms with Crippen molar-refractivity contribution >= 4 is 28.9 Å². The number of rotatable bonds is 4. The smallest absolute Gasteiger partial charge is 0.294 e. The van der Waals surface area contributed by atoms with E-state index in [9.17, 15) is 14.9 Å². The maximum atomic E-state index is 12.6. The van der Waals surface area contributed by atoms with Crippen LogP contribution in [-0.4, -0.2) is 61.0 Å². The highest BCUT2D eigenvalue weighted by molar-refractivity contribution is 6.30. The Morgan fingerprint density at radius 2 is 1.88 bits per heavy atom. The number of nitro groups is 1. The largest absolute Gasteiger partial charge is 0.355 e. The molecule has 0 radical (unpaired) electrons. The number of nitrogens with one attached hydrogen (secondary N) is 1. The first-order valence-electron chi connectivity index (χ1n) is 8.79. The van der Waals surface area contributed by atoms with Crippen LogP contribution in [0.3, 0.4) is 0 Å². The SMILES string of the molecule is C[C@H](C(=O)N1CCCC1)[NH+]1CCN(c2ccc(Cl)cc2[N+](=O)[O-])CC1. The maximum Gasteiger partial charge on any atom is 0.294 e. The first-order valence-corrected chi connectivity index (χ1v) is 9.17. The van der Waals surface area contributed by atoms with Crippen molar-refractivity contribution in [3.05, 3.63) is 33.3 Å². The van der Waals surface area contributed by atoms with Gasteiger partial charge in [-0.15, -0.1) is 0 Å². The van der Waals surface area contributed by atoms with Gasteiger partial charge in [0.05, 0.1) is 31.1 Å². The van der Waals surface area contributed by atoms with Crippen LogP contribution in [0.2, 0.25) is 5.02 Å². The average molecular weight is 368 g/mol. The molecule has 0 saturated carbocycles. The van der Waals surface area contributed by atoms with Gasteiger partial charge in [-0.25, -0.2) is 0 Å². The fourth-order valence-corrected chi connectivity index (χ4v) is 3.93. The monoisotopic (exact) mass is 367 g/mol. The zero-order chi connectivity index (χ0) is 18.0. The summed E-state index contributed by atoms with van der Waals surface area (Å²) in [5, 5.41) is 11.7. The minimum atomic E-state index is -0.389. The van der Waals surface area contributed by atoms with Crippen LogP contribution in [0.5, 0.6) is 0 Å². The summed E-state index contributed by atoms with van der Waals surface area (Å²) in [7, 11) is 0. The van der Waals surface area contributed by atoms with Crippen molar-refractivity contribution in [2.24, 2.45) is 0 Å². The molecule has 0 aliphatic carbocycles. The van der Waals surface area contributed by atoms with Crippen LogP contribution in [0.4, 0.5) is 11.4 Å². The molecule has 1 aromatic carbocycles. The predicted molar refractivity (Wildman–Crippen MR) is 96.3 cm³/mol. The van der Waals surface area contributed by atoms with E-state index in [1.807, 2.05) is 16.7 Å². The van der Waals surface area contributed by atoms with Gasteiger partial charge < -0.3 is 14.7 Å². The highest BCUT2D eigenvalue weighted by Crippen LogP contribution is 2.30. The molecule has 2 aliphatic heterocycles. The summed E-state index contributed by atoms with van der Waals surface area (Å²) in [6, 6.07) is 4.74. The van der Waals surface area contributed by atoms with Crippen molar-refractivity contribution in [3.63, 3.8) is 0 Å². The molecule has 1 aromatic rings. The van der Waals surface area contributed by atoms with Crippen molar-refractivity contribution in [1.29, 1.82) is 0 Å². The van der Waals surface area contributed by atoms with Gasteiger partial charge in [0, 0.05) is 24.2 Å². The van der Waals surface area contributed by atoms with Crippen LogP contribution in [0.25, 0.3) is 0 Å². The van der Waals surface area contributed by atoms with E-state index < -0.39 is 0 Å². The Morgan fingerprint density at radius 3 is 2.48 bits per heavy atom. The molecule has 0 bridgehead atoms. The van der Waals surface area contributed by atoms with Gasteiger partial charge in [0.25, 0.3) is 11.6 Å². The Morgan fingerprint density at radius 1 is 1.24 bits per heavy atom. The van der Waals surface area contributed by atoms with E-state index in [2.05, 4.69) is 0 Å². The molecule has 2 aliphatic rings. The Labute approximate surface area is 152 Å². The van der Waals surface area contributed by atoms with Crippen LogP contribution >= 0.6 is 11.6 Å². The van der Waals surface area contributed by atoms with Crippen LogP contribution in [0, 0.1) is 10.1 Å². The molecule has 0 aromatic heterocycles. The molecule has 1 atom stereocenters. The molecule has 0 spiro atoms. The highest BCUT2D eigenvalue weighted by Gasteiger charge is 2.34. The Hall–Kier alpha value is -1.86. The summed E-state index contributed by atoms with van der Waals surface area (Å²) < 4.78 is 0. The summed E-state index contributed by atoms with van der Waals surface area (Å²) in [6.07, 6.45) is 2.20. The molecule has 1 amide bonds. The number of hydrogen-bond acceptors (Lipinski definition) is 4. The molecule has 1 N–H and O–H groups in total. The van der Waals surface area contributed by atoms with Gasteiger partial charge in [0.15, 0.2) is 6.04 Å². The minimum Gasteiger partial charge on any atom is -0.355 e. The van der Waals surface area contributed by atoms with E-state index in [0.717, 1.165) is 39.0 Å². The normalized spacial score (nSPS) is 19.9. The molecule has 3 rings (SSSR count). The number of halogens is 1. The highest BCUT2D eigenvalue weighted by atomic mass is 35.5. The van der Waals surface area contributed by atoms with E-state index in [1.54, 1.807) is 12.1 Å². The van der Waals surface area contributed by atoms with Crippen molar-refractivity contribution < 1.29 is 14.6 Å². The Kier molecular flexibility index (Phi) is 5.44. The van der Waals surface area contributed by atoms with Gasteiger partial charge >= 0.3 is 0 Å². The topological polar surface area (TPSA) is 71.1 Å². The molecule has 7 nitrogen and oxygen atoms in total. The van der Waals surface area contributed by atoms with Crippen molar-refractivity contribution in [2.75, 3.05) is 44.2 Å². The molecular formula is C17H24ClN4O3+. The van der Waals surface area contributed by atoms with Crippen LogP contribution in [-0.2, 0) is 4.79 Å². The quantitative estimate of drug-likeness (QED) is 0.635. The van der Waals surface area contributed by atoms with Crippen molar-refractivity contribution in [1.82, 2.24) is 4.90 Å². The standard InChI is InChI=1S/C17H23ClN4O3/c1-13(17(23)21-6-2-3-7-21)19-8-10-20(11-9-19)15-5-4-14(18)12-16(15)22(24)25/h4-5,12-13H,2-3,6-11H2,1H3/p+1/t13-/m1/s1. The lowest BCUT2D eigenvalue weighted by Crippen LogP contribution is -3.19. The van der Waals surface area contributed by atoms with Gasteiger partial charge in [-0.1, -0.05) is 11.6 Å². The lowest BCUT2D eigenvalue weighted by molar-refractivity contribution is -0.915. The fourth-order valence-electron chi connectivity index (χ4n) is 3.76. The summed E-state index contributed by atoms with van der Waals surface area (Å²) in [6.45, 7) is 6.71. The van der Waals surface area contributed by atoms with Crippen LogP contribution in [0.15, 0.2) is 18.2 Å². The van der Waals surface area contributed by atoms with Gasteiger partial charge in [-0.2, -0.15) is 0 Å². The first kappa shape index (κ1) is 17.9. The molecule has 2 heterocycles. The van der Waals surface area contributed by atoms with Crippen LogP contribution in [0.1, 0.15) is 19.8 Å². The second kappa shape index (κ2) is 7.58. The Bertz CT molecular complexity index is 655. The number of piperazine rings is 1. The zero-order valence-corrected chi connectivity index (χ0v) is 15.2. The number of amides is 1. The van der Waals surface area contributed by atoms with Crippen molar-refractivity contribution in [3.8, 4) is 0 Å². The van der Waals surface area contributed by atoms with Crippen molar-refractivity contribution in [2.45, 2.75) is 25.8 Å². The number of nitro benzene ring substituents is 1. The number of hydrogen-bond donors (Lipinski definition) is 1. The third-order valence-corrected chi connectivity index (χ3v) is 5.52. The molecule has 25 heavy (non-hydrogen) atoms. The number of carbonyl (C=O) groups is 1. The van der Waals surface area contributed by atoms with E-state index in [0.29, 0.717) is 23.8 Å². The summed E-state index contributed by atoms with van der Waals surface area (Å²) in [4.78, 5) is 28.7. The predicted octanol–water partition coefficient (Wildman–Crippen LogP) is 0.964. The summed E-state index contributed by atoms with van der Waals surface area (Å²) in [5.74, 6) is 0.235. The summed E-state index contributed by atoms with van der Waals surface area (Å²) >= 11 is 5.89. The number of benzene rings is 1. The second-order valence-corrected chi connectivity index (χ2v) is 7.23. The number of nitrogens with zero attached hydrogens (tertiary/aromatic N) is 3. The second-order valence-electron chi connectivity index (χ2n) is 6.79. The Balaban J connectivity index is 1.64. The van der Waals surface area contributed by atoms with E-state index >= 15 is 0 Å². The minimum absolute atomic E-state index is 0.0390. The van der Waals surface area contributed by atoms with Crippen LogP contribution < -0.4 is 9.80 Å².